The van der Waals surface area contributed by atoms with Gasteiger partial charge in [0.05, 0.1) is 12.5 Å². The molecule has 1 unspecified atom stereocenters. The van der Waals surface area contributed by atoms with Crippen LogP contribution in [0.15, 0.2) is 6.33 Å². The molecule has 90 valence electrons. The number of carbonyl (C=O) groups excluding carboxylic acids is 1. The molecule has 7 heteroatoms. The van der Waals surface area contributed by atoms with Crippen molar-refractivity contribution in [3.05, 3.63) is 12.2 Å². The predicted molar refractivity (Wildman–Crippen MR) is 57.6 cm³/mol. The number of ether oxygens (including phenoxy) is 1. The van der Waals surface area contributed by atoms with Crippen molar-refractivity contribution in [2.24, 2.45) is 5.73 Å². The molecule has 1 atom stereocenters. The fraction of sp³-hybridized carbons (Fsp3) is 0.667. The quantitative estimate of drug-likeness (QED) is 0.544. The lowest BCUT2D eigenvalue weighted by Crippen LogP contribution is -2.33. The smallest absolute Gasteiger partial charge is 0.222 e. The van der Waals surface area contributed by atoms with Gasteiger partial charge < -0.3 is 15.8 Å². The number of H-pyrrole nitrogens is 1. The van der Waals surface area contributed by atoms with Crippen LogP contribution in [0, 0.1) is 0 Å². The maximum atomic E-state index is 11.4. The highest BCUT2D eigenvalue weighted by Crippen LogP contribution is 1.94. The minimum atomic E-state index is -0.217. The molecule has 0 saturated heterocycles. The predicted octanol–water partition coefficient (Wildman–Crippen LogP) is -1.17. The van der Waals surface area contributed by atoms with E-state index in [0.717, 1.165) is 5.82 Å². The molecular formula is C9H17N5O2. The molecule has 0 spiro atoms. The number of hydrogen-bond donors (Lipinski definition) is 3. The molecular weight excluding hydrogens is 210 g/mol. The van der Waals surface area contributed by atoms with Gasteiger partial charge in [-0.15, -0.1) is 0 Å². The lowest BCUT2D eigenvalue weighted by molar-refractivity contribution is -0.123. The van der Waals surface area contributed by atoms with E-state index in [2.05, 4.69) is 20.5 Å². The van der Waals surface area contributed by atoms with Crippen LogP contribution < -0.4 is 11.1 Å². The molecule has 1 aromatic heterocycles. The molecule has 0 aromatic carbocycles. The number of amides is 1. The SMILES string of the molecule is COC(CN)CC(=O)NCCc1ncn[nH]1. The fourth-order valence-corrected chi connectivity index (χ4v) is 1.21. The van der Waals surface area contributed by atoms with Crippen molar-refractivity contribution in [2.45, 2.75) is 18.9 Å². The summed E-state index contributed by atoms with van der Waals surface area (Å²) in [4.78, 5) is 15.4. The van der Waals surface area contributed by atoms with Crippen molar-refractivity contribution in [3.8, 4) is 0 Å². The van der Waals surface area contributed by atoms with E-state index in [0.29, 0.717) is 19.5 Å². The Bertz CT molecular complexity index is 297. The lowest BCUT2D eigenvalue weighted by atomic mass is 10.2. The van der Waals surface area contributed by atoms with Gasteiger partial charge in [-0.25, -0.2) is 4.98 Å². The normalized spacial score (nSPS) is 12.4. The van der Waals surface area contributed by atoms with Gasteiger partial charge in [0.25, 0.3) is 0 Å². The third kappa shape index (κ3) is 4.37. The van der Waals surface area contributed by atoms with Crippen molar-refractivity contribution in [2.75, 3.05) is 20.2 Å². The van der Waals surface area contributed by atoms with Crippen LogP contribution >= 0.6 is 0 Å². The van der Waals surface area contributed by atoms with Crippen LogP contribution in [0.4, 0.5) is 0 Å². The summed E-state index contributed by atoms with van der Waals surface area (Å²) in [6.45, 7) is 0.862. The summed E-state index contributed by atoms with van der Waals surface area (Å²) in [5, 5.41) is 9.18. The Labute approximate surface area is 93.8 Å². The van der Waals surface area contributed by atoms with Crippen LogP contribution in [0.3, 0.4) is 0 Å². The molecule has 0 fully saturated rings. The molecule has 7 nitrogen and oxygen atoms in total. The third-order valence-corrected chi connectivity index (χ3v) is 2.16. The first-order chi connectivity index (χ1) is 7.76. The summed E-state index contributed by atoms with van der Waals surface area (Å²) in [7, 11) is 1.54. The standard InChI is InChI=1S/C9H17N5O2/c1-16-7(5-10)4-9(15)11-3-2-8-12-6-13-14-8/h6-7H,2-5,10H2,1H3,(H,11,15)(H,12,13,14). The number of rotatable bonds is 7. The van der Waals surface area contributed by atoms with Crippen LogP contribution in [0.1, 0.15) is 12.2 Å². The molecule has 0 bridgehead atoms. The lowest BCUT2D eigenvalue weighted by Gasteiger charge is -2.12. The minimum absolute atomic E-state index is 0.0724. The summed E-state index contributed by atoms with van der Waals surface area (Å²) in [6, 6.07) is 0. The molecule has 0 aliphatic rings. The van der Waals surface area contributed by atoms with E-state index in [-0.39, 0.29) is 18.4 Å². The first-order valence-electron chi connectivity index (χ1n) is 5.10. The van der Waals surface area contributed by atoms with E-state index in [9.17, 15) is 4.79 Å². The van der Waals surface area contributed by atoms with E-state index in [1.165, 1.54) is 6.33 Å². The molecule has 0 radical (unpaired) electrons. The summed E-state index contributed by atoms with van der Waals surface area (Å²) in [5.41, 5.74) is 5.41. The number of nitrogens with zero attached hydrogens (tertiary/aromatic N) is 2. The zero-order valence-corrected chi connectivity index (χ0v) is 9.27. The van der Waals surface area contributed by atoms with Gasteiger partial charge in [0, 0.05) is 26.6 Å². The number of carbonyl (C=O) groups is 1. The maximum Gasteiger partial charge on any atom is 0.222 e. The van der Waals surface area contributed by atoms with Gasteiger partial charge in [0.2, 0.25) is 5.91 Å². The number of nitrogens with one attached hydrogen (secondary N) is 2. The first-order valence-corrected chi connectivity index (χ1v) is 5.10. The van der Waals surface area contributed by atoms with Crippen LogP contribution in [-0.4, -0.2) is 47.4 Å². The maximum absolute atomic E-state index is 11.4. The van der Waals surface area contributed by atoms with Gasteiger partial charge in [-0.2, -0.15) is 5.10 Å². The summed E-state index contributed by atoms with van der Waals surface area (Å²) in [6.07, 6.45) is 2.13. The fourth-order valence-electron chi connectivity index (χ4n) is 1.21. The molecule has 0 saturated carbocycles. The van der Waals surface area contributed by atoms with Gasteiger partial charge >= 0.3 is 0 Å². The topological polar surface area (TPSA) is 106 Å². The van der Waals surface area contributed by atoms with Gasteiger partial charge in [0.15, 0.2) is 0 Å². The second-order valence-corrected chi connectivity index (χ2v) is 3.33. The van der Waals surface area contributed by atoms with Crippen molar-refractivity contribution in [3.63, 3.8) is 0 Å². The van der Waals surface area contributed by atoms with E-state index in [1.54, 1.807) is 7.11 Å². The Kier molecular flexibility index (Phi) is 5.44. The molecule has 1 heterocycles. The van der Waals surface area contributed by atoms with Gasteiger partial charge in [-0.3, -0.25) is 9.89 Å². The molecule has 0 aliphatic heterocycles. The zero-order valence-electron chi connectivity index (χ0n) is 9.27. The molecule has 0 aliphatic carbocycles. The Balaban J connectivity index is 2.15. The average Bonchev–Trinajstić information content (AvgIpc) is 2.79. The monoisotopic (exact) mass is 227 g/mol. The Hall–Kier alpha value is -1.47. The van der Waals surface area contributed by atoms with Crippen LogP contribution in [0.5, 0.6) is 0 Å². The van der Waals surface area contributed by atoms with Crippen LogP contribution in [-0.2, 0) is 16.0 Å². The van der Waals surface area contributed by atoms with Crippen LogP contribution in [0.2, 0.25) is 0 Å². The molecule has 1 rings (SSSR count). The first kappa shape index (κ1) is 12.6. The molecule has 4 N–H and O–H groups in total. The van der Waals surface area contributed by atoms with Crippen molar-refractivity contribution in [1.29, 1.82) is 0 Å². The highest BCUT2D eigenvalue weighted by Gasteiger charge is 2.10. The average molecular weight is 227 g/mol. The van der Waals surface area contributed by atoms with Crippen LogP contribution in [0.25, 0.3) is 0 Å². The van der Waals surface area contributed by atoms with Crippen molar-refractivity contribution < 1.29 is 9.53 Å². The Morgan fingerprint density at radius 2 is 2.56 bits per heavy atom. The van der Waals surface area contributed by atoms with E-state index in [4.69, 9.17) is 10.5 Å². The van der Waals surface area contributed by atoms with Gasteiger partial charge in [-0.1, -0.05) is 0 Å². The highest BCUT2D eigenvalue weighted by atomic mass is 16.5. The second-order valence-electron chi connectivity index (χ2n) is 3.33. The number of nitrogens with two attached hydrogens (primary N) is 1. The number of methoxy groups -OCH3 is 1. The number of aromatic amines is 1. The minimum Gasteiger partial charge on any atom is -0.380 e. The Morgan fingerprint density at radius 1 is 1.75 bits per heavy atom. The molecule has 16 heavy (non-hydrogen) atoms. The van der Waals surface area contributed by atoms with Gasteiger partial charge in [0.1, 0.15) is 12.2 Å². The molecule has 1 aromatic rings. The van der Waals surface area contributed by atoms with Gasteiger partial charge in [-0.05, 0) is 0 Å². The van der Waals surface area contributed by atoms with Crippen molar-refractivity contribution in [1.82, 2.24) is 20.5 Å². The van der Waals surface area contributed by atoms with E-state index in [1.807, 2.05) is 0 Å². The number of hydrogen-bond acceptors (Lipinski definition) is 5. The third-order valence-electron chi connectivity index (χ3n) is 2.16. The number of aromatic nitrogens is 3. The summed E-state index contributed by atoms with van der Waals surface area (Å²) in [5.74, 6) is 0.680. The second kappa shape index (κ2) is 6.91. The summed E-state index contributed by atoms with van der Waals surface area (Å²) >= 11 is 0. The van der Waals surface area contributed by atoms with E-state index >= 15 is 0 Å². The van der Waals surface area contributed by atoms with Crippen molar-refractivity contribution >= 4 is 5.91 Å². The summed E-state index contributed by atoms with van der Waals surface area (Å²) < 4.78 is 5.01. The molecule has 1 amide bonds. The Morgan fingerprint density at radius 3 is 3.12 bits per heavy atom. The zero-order chi connectivity index (χ0) is 11.8. The highest BCUT2D eigenvalue weighted by molar-refractivity contribution is 5.76. The largest absolute Gasteiger partial charge is 0.380 e. The van der Waals surface area contributed by atoms with E-state index < -0.39 is 0 Å².